The number of aryl methyl sites for hydroxylation is 1. The molecule has 0 aliphatic carbocycles. The normalized spacial score (nSPS) is 10.4. The van der Waals surface area contributed by atoms with Crippen molar-refractivity contribution >= 4 is 22.9 Å². The van der Waals surface area contributed by atoms with Crippen LogP contribution in [0.4, 0.5) is 5.82 Å². The fraction of sp³-hybridized carbons (Fsp3) is 0.250. The van der Waals surface area contributed by atoms with E-state index in [1.807, 2.05) is 12.3 Å². The first kappa shape index (κ1) is 11.7. The van der Waals surface area contributed by atoms with Gasteiger partial charge in [-0.3, -0.25) is 4.79 Å². The zero-order valence-corrected chi connectivity index (χ0v) is 10.3. The summed E-state index contributed by atoms with van der Waals surface area (Å²) in [6, 6.07) is 3.53. The van der Waals surface area contributed by atoms with Crippen molar-refractivity contribution in [2.45, 2.75) is 19.8 Å². The van der Waals surface area contributed by atoms with Crippen LogP contribution in [0.15, 0.2) is 23.7 Å². The van der Waals surface area contributed by atoms with Gasteiger partial charge in [0.1, 0.15) is 11.6 Å². The Balaban J connectivity index is 1.98. The van der Waals surface area contributed by atoms with Crippen molar-refractivity contribution in [1.29, 1.82) is 0 Å². The van der Waals surface area contributed by atoms with Gasteiger partial charge in [-0.2, -0.15) is 0 Å². The summed E-state index contributed by atoms with van der Waals surface area (Å²) >= 11 is 1.56. The predicted molar refractivity (Wildman–Crippen MR) is 67.9 cm³/mol. The van der Waals surface area contributed by atoms with Crippen LogP contribution in [0, 0.1) is 6.92 Å². The van der Waals surface area contributed by atoms with Crippen molar-refractivity contribution in [2.75, 3.05) is 5.73 Å². The van der Waals surface area contributed by atoms with Gasteiger partial charge in [0, 0.05) is 24.4 Å². The number of thiazole rings is 1. The van der Waals surface area contributed by atoms with E-state index in [1.54, 1.807) is 29.7 Å². The number of nitrogens with two attached hydrogens (primary N) is 1. The molecule has 0 aliphatic heterocycles. The van der Waals surface area contributed by atoms with Crippen LogP contribution in [-0.2, 0) is 17.6 Å². The predicted octanol–water partition coefficient (Wildman–Crippen LogP) is 1.78. The molecular weight excluding hydrogens is 234 g/mol. The maximum Gasteiger partial charge on any atom is 0.143 e. The highest BCUT2D eigenvalue weighted by molar-refractivity contribution is 7.09. The molecule has 0 fully saturated rings. The van der Waals surface area contributed by atoms with E-state index in [0.29, 0.717) is 18.7 Å². The highest BCUT2D eigenvalue weighted by Crippen LogP contribution is 2.10. The van der Waals surface area contributed by atoms with Crippen molar-refractivity contribution in [2.24, 2.45) is 0 Å². The largest absolute Gasteiger partial charge is 0.384 e. The Bertz CT molecular complexity index is 536. The van der Waals surface area contributed by atoms with Crippen LogP contribution in [-0.4, -0.2) is 15.8 Å². The molecular formula is C12H13N3OS. The fourth-order valence-corrected chi connectivity index (χ4v) is 2.20. The van der Waals surface area contributed by atoms with E-state index in [0.717, 1.165) is 16.3 Å². The van der Waals surface area contributed by atoms with Gasteiger partial charge in [0.15, 0.2) is 0 Å². The van der Waals surface area contributed by atoms with Gasteiger partial charge in [0.2, 0.25) is 0 Å². The van der Waals surface area contributed by atoms with E-state index in [9.17, 15) is 4.79 Å². The minimum atomic E-state index is 0.140. The summed E-state index contributed by atoms with van der Waals surface area (Å²) in [6.07, 6.45) is 2.38. The topological polar surface area (TPSA) is 68.9 Å². The summed E-state index contributed by atoms with van der Waals surface area (Å²) in [4.78, 5) is 20.0. The second kappa shape index (κ2) is 5.05. The summed E-state index contributed by atoms with van der Waals surface area (Å²) in [5.41, 5.74) is 7.30. The minimum absolute atomic E-state index is 0.140. The first-order valence-electron chi connectivity index (χ1n) is 5.26. The number of Topliss-reactive ketones (excluding diaryl/α,β-unsaturated/α-hetero) is 1. The third-order valence-corrected chi connectivity index (χ3v) is 3.11. The molecule has 0 saturated carbocycles. The molecule has 0 aliphatic rings. The third kappa shape index (κ3) is 3.35. The average Bonchev–Trinajstić information content (AvgIpc) is 2.63. The third-order valence-electron chi connectivity index (χ3n) is 2.29. The van der Waals surface area contributed by atoms with Gasteiger partial charge in [-0.05, 0) is 24.6 Å². The number of hydrogen-bond acceptors (Lipinski definition) is 5. The SMILES string of the molecule is Cc1nc(CC(=O)Cc2ccnc(N)c2)cs1. The smallest absolute Gasteiger partial charge is 0.143 e. The number of nitrogen functional groups attached to an aromatic ring is 1. The van der Waals surface area contributed by atoms with E-state index in [4.69, 9.17) is 5.73 Å². The molecule has 0 unspecified atom stereocenters. The van der Waals surface area contributed by atoms with E-state index < -0.39 is 0 Å². The Morgan fingerprint density at radius 1 is 1.47 bits per heavy atom. The number of carbonyl (C=O) groups excluding carboxylic acids is 1. The molecule has 2 heterocycles. The lowest BCUT2D eigenvalue weighted by Gasteiger charge is -2.00. The lowest BCUT2D eigenvalue weighted by atomic mass is 10.1. The zero-order chi connectivity index (χ0) is 12.3. The molecule has 0 radical (unpaired) electrons. The molecule has 0 saturated heterocycles. The Hall–Kier alpha value is -1.75. The second-order valence-corrected chi connectivity index (χ2v) is 4.90. The highest BCUT2D eigenvalue weighted by Gasteiger charge is 2.08. The fourth-order valence-electron chi connectivity index (χ4n) is 1.59. The summed E-state index contributed by atoms with van der Waals surface area (Å²) in [7, 11) is 0. The van der Waals surface area contributed by atoms with Crippen LogP contribution in [0.25, 0.3) is 0 Å². The zero-order valence-electron chi connectivity index (χ0n) is 9.51. The lowest BCUT2D eigenvalue weighted by molar-refractivity contribution is -0.117. The van der Waals surface area contributed by atoms with Gasteiger partial charge in [0.25, 0.3) is 0 Å². The number of anilines is 1. The number of ketones is 1. The van der Waals surface area contributed by atoms with Crippen molar-refractivity contribution in [3.8, 4) is 0 Å². The monoisotopic (exact) mass is 247 g/mol. The first-order valence-corrected chi connectivity index (χ1v) is 6.14. The number of pyridine rings is 1. The van der Waals surface area contributed by atoms with Crippen molar-refractivity contribution < 1.29 is 4.79 Å². The highest BCUT2D eigenvalue weighted by atomic mass is 32.1. The molecule has 2 aromatic rings. The minimum Gasteiger partial charge on any atom is -0.384 e. The Morgan fingerprint density at radius 2 is 2.29 bits per heavy atom. The number of rotatable bonds is 4. The van der Waals surface area contributed by atoms with Crippen LogP contribution >= 0.6 is 11.3 Å². The van der Waals surface area contributed by atoms with Gasteiger partial charge in [-0.15, -0.1) is 11.3 Å². The van der Waals surface area contributed by atoms with Crippen LogP contribution in [0.3, 0.4) is 0 Å². The molecule has 0 atom stereocenters. The number of carbonyl (C=O) groups is 1. The quantitative estimate of drug-likeness (QED) is 0.894. The summed E-state index contributed by atoms with van der Waals surface area (Å²) in [5.74, 6) is 0.584. The van der Waals surface area contributed by atoms with Crippen molar-refractivity contribution in [1.82, 2.24) is 9.97 Å². The van der Waals surface area contributed by atoms with Gasteiger partial charge in [-0.25, -0.2) is 9.97 Å². The Labute approximate surface area is 104 Å². The molecule has 2 aromatic heterocycles. The van der Waals surface area contributed by atoms with E-state index in [-0.39, 0.29) is 5.78 Å². The molecule has 88 valence electrons. The molecule has 0 aromatic carbocycles. The molecule has 2 N–H and O–H groups in total. The van der Waals surface area contributed by atoms with E-state index in [1.165, 1.54) is 0 Å². The van der Waals surface area contributed by atoms with Crippen LogP contribution in [0.2, 0.25) is 0 Å². The molecule has 2 rings (SSSR count). The molecule has 0 spiro atoms. The lowest BCUT2D eigenvalue weighted by Crippen LogP contribution is -2.07. The number of nitrogens with zero attached hydrogens (tertiary/aromatic N) is 2. The molecule has 5 heteroatoms. The average molecular weight is 247 g/mol. The van der Waals surface area contributed by atoms with E-state index >= 15 is 0 Å². The van der Waals surface area contributed by atoms with Crippen LogP contribution < -0.4 is 5.73 Å². The van der Waals surface area contributed by atoms with Gasteiger partial charge in [0.05, 0.1) is 10.7 Å². The maximum atomic E-state index is 11.8. The Kier molecular flexibility index (Phi) is 3.49. The molecule has 17 heavy (non-hydrogen) atoms. The molecule has 0 amide bonds. The molecule has 0 bridgehead atoms. The molecule has 4 nitrogen and oxygen atoms in total. The number of hydrogen-bond donors (Lipinski definition) is 1. The summed E-state index contributed by atoms with van der Waals surface area (Å²) < 4.78 is 0. The van der Waals surface area contributed by atoms with Gasteiger partial charge >= 0.3 is 0 Å². The van der Waals surface area contributed by atoms with E-state index in [2.05, 4.69) is 9.97 Å². The van der Waals surface area contributed by atoms with Crippen molar-refractivity contribution in [3.05, 3.63) is 40.0 Å². The number of aromatic nitrogens is 2. The summed E-state index contributed by atoms with van der Waals surface area (Å²) in [6.45, 7) is 1.93. The Morgan fingerprint density at radius 3 is 2.94 bits per heavy atom. The van der Waals surface area contributed by atoms with Crippen molar-refractivity contribution in [3.63, 3.8) is 0 Å². The standard InChI is InChI=1S/C12H13N3OS/c1-8-15-10(7-17-8)6-11(16)4-9-2-3-14-12(13)5-9/h2-3,5,7H,4,6H2,1H3,(H2,13,14). The second-order valence-electron chi connectivity index (χ2n) is 3.84. The van der Waals surface area contributed by atoms with Gasteiger partial charge < -0.3 is 5.73 Å². The summed E-state index contributed by atoms with van der Waals surface area (Å²) in [5, 5.41) is 2.91. The van der Waals surface area contributed by atoms with Gasteiger partial charge in [-0.1, -0.05) is 0 Å². The van der Waals surface area contributed by atoms with Crippen LogP contribution in [0.5, 0.6) is 0 Å². The first-order chi connectivity index (χ1) is 8.13. The maximum absolute atomic E-state index is 11.8. The van der Waals surface area contributed by atoms with Crippen LogP contribution in [0.1, 0.15) is 16.3 Å².